The van der Waals surface area contributed by atoms with E-state index >= 15 is 0 Å². The highest BCUT2D eigenvalue weighted by Gasteiger charge is 2.06. The molecule has 1 aromatic heterocycles. The van der Waals surface area contributed by atoms with E-state index in [4.69, 9.17) is 9.15 Å². The molecule has 1 heterocycles. The quantitative estimate of drug-likeness (QED) is 0.383. The molecule has 134 valence electrons. The first kappa shape index (κ1) is 18.4. The predicted octanol–water partition coefficient (Wildman–Crippen LogP) is 1.43. The molecule has 2 rings (SSSR count). The molecule has 1 aromatic carbocycles. The summed E-state index contributed by atoms with van der Waals surface area (Å²) in [5.41, 5.74) is 0.570. The van der Waals surface area contributed by atoms with Crippen LogP contribution in [0.5, 0.6) is 5.75 Å². The summed E-state index contributed by atoms with van der Waals surface area (Å²) in [5, 5.41) is 9.19. The first-order chi connectivity index (χ1) is 12.2. The minimum atomic E-state index is -0.138. The Balaban J connectivity index is 1.65. The third-order valence-electron chi connectivity index (χ3n) is 3.50. The lowest BCUT2D eigenvalue weighted by Gasteiger charge is -2.12. The number of nitrogens with one attached hydrogen (secondary N) is 3. The number of amides is 1. The van der Waals surface area contributed by atoms with Gasteiger partial charge in [-0.2, -0.15) is 0 Å². The van der Waals surface area contributed by atoms with Crippen molar-refractivity contribution in [2.24, 2.45) is 4.99 Å². The van der Waals surface area contributed by atoms with Gasteiger partial charge >= 0.3 is 0 Å². The van der Waals surface area contributed by atoms with Gasteiger partial charge in [0.1, 0.15) is 11.5 Å². The molecule has 7 heteroatoms. The van der Waals surface area contributed by atoms with Gasteiger partial charge in [-0.15, -0.1) is 0 Å². The van der Waals surface area contributed by atoms with Gasteiger partial charge < -0.3 is 25.1 Å². The standard InChI is InChI=1S/C18H24N4O3/c1-19-18(21-9-8-15-7-4-12-25-15)22-11-10-20-17(23)14-5-3-6-16(13-14)24-2/h3-7,12-13H,8-11H2,1-2H3,(H,20,23)(H2,19,21,22). The number of rotatable bonds is 8. The molecule has 25 heavy (non-hydrogen) atoms. The fourth-order valence-electron chi connectivity index (χ4n) is 2.20. The van der Waals surface area contributed by atoms with Crippen LogP contribution in [0.15, 0.2) is 52.1 Å². The third kappa shape index (κ3) is 6.21. The highest BCUT2D eigenvalue weighted by molar-refractivity contribution is 5.94. The summed E-state index contributed by atoms with van der Waals surface area (Å²) in [6, 6.07) is 10.9. The van der Waals surface area contributed by atoms with Crippen LogP contribution in [0, 0.1) is 0 Å². The van der Waals surface area contributed by atoms with Gasteiger partial charge in [0.15, 0.2) is 5.96 Å². The van der Waals surface area contributed by atoms with Gasteiger partial charge in [0.2, 0.25) is 0 Å². The number of carbonyl (C=O) groups excluding carboxylic acids is 1. The number of hydrogen-bond donors (Lipinski definition) is 3. The predicted molar refractivity (Wildman–Crippen MR) is 97.1 cm³/mol. The fourth-order valence-corrected chi connectivity index (χ4v) is 2.20. The summed E-state index contributed by atoms with van der Waals surface area (Å²) in [4.78, 5) is 16.2. The highest BCUT2D eigenvalue weighted by atomic mass is 16.5. The number of ether oxygens (including phenoxy) is 1. The van der Waals surface area contributed by atoms with Gasteiger partial charge in [0.25, 0.3) is 5.91 Å². The zero-order chi connectivity index (χ0) is 17.9. The Morgan fingerprint density at radius 2 is 1.92 bits per heavy atom. The zero-order valence-electron chi connectivity index (χ0n) is 14.5. The van der Waals surface area contributed by atoms with Crippen LogP contribution in [-0.2, 0) is 6.42 Å². The molecule has 0 saturated heterocycles. The van der Waals surface area contributed by atoms with Crippen molar-refractivity contribution in [1.82, 2.24) is 16.0 Å². The number of nitrogens with zero attached hydrogens (tertiary/aromatic N) is 1. The van der Waals surface area contributed by atoms with Gasteiger partial charge in [-0.1, -0.05) is 6.07 Å². The summed E-state index contributed by atoms with van der Waals surface area (Å²) in [7, 11) is 3.28. The van der Waals surface area contributed by atoms with E-state index in [0.717, 1.165) is 12.2 Å². The van der Waals surface area contributed by atoms with Crippen LogP contribution >= 0.6 is 0 Å². The van der Waals surface area contributed by atoms with Crippen LogP contribution in [0.1, 0.15) is 16.1 Å². The molecule has 2 aromatic rings. The molecule has 0 radical (unpaired) electrons. The second kappa shape index (κ2) is 10.0. The zero-order valence-corrected chi connectivity index (χ0v) is 14.5. The molecule has 3 N–H and O–H groups in total. The summed E-state index contributed by atoms with van der Waals surface area (Å²) < 4.78 is 10.4. The Hall–Kier alpha value is -2.96. The number of hydrogen-bond acceptors (Lipinski definition) is 4. The van der Waals surface area contributed by atoms with Gasteiger partial charge in [-0.05, 0) is 30.3 Å². The molecule has 7 nitrogen and oxygen atoms in total. The van der Waals surface area contributed by atoms with E-state index < -0.39 is 0 Å². The van der Waals surface area contributed by atoms with E-state index in [0.29, 0.717) is 36.9 Å². The molecule has 0 saturated carbocycles. The Kier molecular flexibility index (Phi) is 7.37. The van der Waals surface area contributed by atoms with E-state index in [1.807, 2.05) is 12.1 Å². The van der Waals surface area contributed by atoms with Crippen molar-refractivity contribution in [1.29, 1.82) is 0 Å². The van der Waals surface area contributed by atoms with Crippen molar-refractivity contribution in [3.63, 3.8) is 0 Å². The van der Waals surface area contributed by atoms with Gasteiger partial charge in [0.05, 0.1) is 13.4 Å². The fraction of sp³-hybridized carbons (Fsp3) is 0.333. The van der Waals surface area contributed by atoms with Crippen molar-refractivity contribution in [2.45, 2.75) is 6.42 Å². The van der Waals surface area contributed by atoms with Crippen LogP contribution in [0.3, 0.4) is 0 Å². The normalized spacial score (nSPS) is 11.0. The second-order valence-electron chi connectivity index (χ2n) is 5.24. The van der Waals surface area contributed by atoms with Crippen LogP contribution in [0.2, 0.25) is 0 Å². The van der Waals surface area contributed by atoms with Crippen molar-refractivity contribution in [2.75, 3.05) is 33.8 Å². The van der Waals surface area contributed by atoms with Crippen molar-refractivity contribution >= 4 is 11.9 Å². The third-order valence-corrected chi connectivity index (χ3v) is 3.50. The molecule has 0 aliphatic rings. The van der Waals surface area contributed by atoms with E-state index in [2.05, 4.69) is 20.9 Å². The maximum atomic E-state index is 12.1. The van der Waals surface area contributed by atoms with Gasteiger partial charge in [-0.25, -0.2) is 0 Å². The summed E-state index contributed by atoms with van der Waals surface area (Å²) >= 11 is 0. The van der Waals surface area contributed by atoms with E-state index in [1.54, 1.807) is 44.7 Å². The molecule has 0 aliphatic carbocycles. The molecule has 0 bridgehead atoms. The lowest BCUT2D eigenvalue weighted by molar-refractivity contribution is 0.0954. The second-order valence-corrected chi connectivity index (χ2v) is 5.24. The molecule has 0 atom stereocenters. The summed E-state index contributed by atoms with van der Waals surface area (Å²) in [6.07, 6.45) is 2.44. The van der Waals surface area contributed by atoms with Crippen molar-refractivity contribution in [3.05, 3.63) is 54.0 Å². The maximum absolute atomic E-state index is 12.1. The van der Waals surface area contributed by atoms with Crippen LogP contribution < -0.4 is 20.7 Å². The molecular formula is C18H24N4O3. The average molecular weight is 344 g/mol. The van der Waals surface area contributed by atoms with Crippen molar-refractivity contribution < 1.29 is 13.9 Å². The van der Waals surface area contributed by atoms with E-state index in [1.165, 1.54) is 0 Å². The molecule has 0 unspecified atom stereocenters. The minimum Gasteiger partial charge on any atom is -0.497 e. The number of benzene rings is 1. The van der Waals surface area contributed by atoms with Crippen molar-refractivity contribution in [3.8, 4) is 5.75 Å². The van der Waals surface area contributed by atoms with Crippen LogP contribution in [0.4, 0.5) is 0 Å². The number of furan rings is 1. The topological polar surface area (TPSA) is 87.9 Å². The van der Waals surface area contributed by atoms with Gasteiger partial charge in [0, 0.05) is 38.7 Å². The minimum absolute atomic E-state index is 0.138. The Labute approximate surface area is 147 Å². The Morgan fingerprint density at radius 1 is 1.12 bits per heavy atom. The smallest absolute Gasteiger partial charge is 0.251 e. The first-order valence-corrected chi connectivity index (χ1v) is 8.12. The first-order valence-electron chi connectivity index (χ1n) is 8.12. The van der Waals surface area contributed by atoms with Crippen LogP contribution in [-0.4, -0.2) is 45.7 Å². The van der Waals surface area contributed by atoms with Crippen LogP contribution in [0.25, 0.3) is 0 Å². The van der Waals surface area contributed by atoms with E-state index in [9.17, 15) is 4.79 Å². The molecule has 0 aliphatic heterocycles. The lowest BCUT2D eigenvalue weighted by Crippen LogP contribution is -2.42. The van der Waals surface area contributed by atoms with E-state index in [-0.39, 0.29) is 5.91 Å². The number of aliphatic imine (C=N–C) groups is 1. The number of methoxy groups -OCH3 is 1. The molecular weight excluding hydrogens is 320 g/mol. The summed E-state index contributed by atoms with van der Waals surface area (Å²) in [6.45, 7) is 1.76. The number of carbonyl (C=O) groups is 1. The molecule has 0 fully saturated rings. The van der Waals surface area contributed by atoms with Gasteiger partial charge in [-0.3, -0.25) is 9.79 Å². The number of guanidine groups is 1. The lowest BCUT2D eigenvalue weighted by atomic mass is 10.2. The Morgan fingerprint density at radius 3 is 2.64 bits per heavy atom. The SMILES string of the molecule is CN=C(NCCNC(=O)c1cccc(OC)c1)NCCc1ccco1. The molecule has 1 amide bonds. The largest absolute Gasteiger partial charge is 0.497 e. The maximum Gasteiger partial charge on any atom is 0.251 e. The average Bonchev–Trinajstić information content (AvgIpc) is 3.17. The Bertz CT molecular complexity index is 683. The highest BCUT2D eigenvalue weighted by Crippen LogP contribution is 2.12. The summed E-state index contributed by atoms with van der Waals surface area (Å²) in [5.74, 6) is 2.13. The monoisotopic (exact) mass is 344 g/mol. The molecule has 0 spiro atoms.